The first-order valence-corrected chi connectivity index (χ1v) is 17.4. The third-order valence-corrected chi connectivity index (χ3v) is 29.4. The first-order valence-electron chi connectivity index (χ1n) is 10.1. The summed E-state index contributed by atoms with van der Waals surface area (Å²) in [6, 6.07) is 26.1. The molecule has 2 aliphatic rings. The van der Waals surface area contributed by atoms with E-state index in [0.717, 1.165) is 0 Å². The molecule has 0 N–H and O–H groups in total. The quantitative estimate of drug-likeness (QED) is 0.389. The van der Waals surface area contributed by atoms with Crippen molar-refractivity contribution in [1.82, 2.24) is 0 Å². The van der Waals surface area contributed by atoms with Crippen LogP contribution in [0.5, 0.6) is 0 Å². The van der Waals surface area contributed by atoms with Crippen molar-refractivity contribution in [1.29, 1.82) is 0 Å². The van der Waals surface area contributed by atoms with Crippen LogP contribution in [-0.4, -0.2) is 6.16 Å². The Hall–Kier alpha value is -0.780. The fourth-order valence-corrected chi connectivity index (χ4v) is 33.2. The van der Waals surface area contributed by atoms with Crippen molar-refractivity contribution in [2.45, 2.75) is 43.4 Å². The molecule has 0 atom stereocenters. The molecule has 0 saturated carbocycles. The van der Waals surface area contributed by atoms with Gasteiger partial charge in [-0.3, -0.25) is 0 Å². The van der Waals surface area contributed by atoms with E-state index in [1.807, 2.05) is 0 Å². The summed E-state index contributed by atoms with van der Waals surface area (Å²) in [5.41, 5.74) is 2.80. The van der Waals surface area contributed by atoms with Crippen molar-refractivity contribution in [2.75, 3.05) is 6.16 Å². The minimum atomic E-state index is -2.31. The zero-order valence-corrected chi connectivity index (χ0v) is 20.1. The SMILES string of the molecule is CCCCP12(c3ccccc3)Sc3ccc(C)cc3P1c1cc(C)ccc1S2. The molecule has 0 saturated heterocycles. The Balaban J connectivity index is 1.86. The summed E-state index contributed by atoms with van der Waals surface area (Å²) >= 11 is 4.58. The molecule has 28 heavy (non-hydrogen) atoms. The molecular formula is C24H26P2S2. The van der Waals surface area contributed by atoms with Crippen molar-refractivity contribution >= 4 is 51.0 Å². The molecule has 0 unspecified atom stereocenters. The monoisotopic (exact) mass is 440 g/mol. The summed E-state index contributed by atoms with van der Waals surface area (Å²) in [6.45, 7) is 6.85. The number of rotatable bonds is 4. The molecule has 144 valence electrons. The van der Waals surface area contributed by atoms with Crippen LogP contribution in [0.3, 0.4) is 0 Å². The Morgan fingerprint density at radius 3 is 1.89 bits per heavy atom. The van der Waals surface area contributed by atoms with E-state index in [2.05, 4.69) is 110 Å². The van der Waals surface area contributed by atoms with E-state index in [1.165, 1.54) is 30.1 Å². The Morgan fingerprint density at radius 2 is 1.36 bits per heavy atom. The maximum atomic E-state index is 2.51. The molecular weight excluding hydrogens is 414 g/mol. The molecule has 0 nitrogen and oxygen atoms in total. The van der Waals surface area contributed by atoms with Crippen LogP contribution < -0.4 is 15.9 Å². The van der Waals surface area contributed by atoms with Gasteiger partial charge in [-0.2, -0.15) is 0 Å². The number of benzene rings is 3. The summed E-state index contributed by atoms with van der Waals surface area (Å²) in [7, 11) is -0.357. The van der Waals surface area contributed by atoms with Crippen LogP contribution in [0, 0.1) is 13.8 Å². The van der Waals surface area contributed by atoms with Crippen molar-refractivity contribution in [3.63, 3.8) is 0 Å². The van der Waals surface area contributed by atoms with E-state index in [9.17, 15) is 0 Å². The summed E-state index contributed by atoms with van der Waals surface area (Å²) in [5.74, 6) is 0. The van der Waals surface area contributed by atoms with Gasteiger partial charge in [0.1, 0.15) is 0 Å². The Morgan fingerprint density at radius 1 is 0.786 bits per heavy atom. The number of hydrogen-bond donors (Lipinski definition) is 0. The fraction of sp³-hybridized carbons (Fsp3) is 0.250. The molecule has 2 aliphatic heterocycles. The first kappa shape index (κ1) is 19.2. The first-order chi connectivity index (χ1) is 13.6. The fourth-order valence-electron chi connectivity index (χ4n) is 4.51. The van der Waals surface area contributed by atoms with Crippen molar-refractivity contribution in [3.8, 4) is 0 Å². The molecule has 4 heteroatoms. The van der Waals surface area contributed by atoms with Crippen LogP contribution in [0.15, 0.2) is 76.5 Å². The molecule has 0 amide bonds. The zero-order chi connectivity index (χ0) is 19.4. The van der Waals surface area contributed by atoms with Gasteiger partial charge in [-0.1, -0.05) is 0 Å². The third kappa shape index (κ3) is 2.61. The van der Waals surface area contributed by atoms with Gasteiger partial charge in [-0.15, -0.1) is 0 Å². The normalized spacial score (nSPS) is 22.0. The van der Waals surface area contributed by atoms with Crippen molar-refractivity contribution in [3.05, 3.63) is 77.9 Å². The zero-order valence-electron chi connectivity index (χ0n) is 16.7. The van der Waals surface area contributed by atoms with Gasteiger partial charge in [0.2, 0.25) is 0 Å². The second kappa shape index (κ2) is 6.88. The summed E-state index contributed by atoms with van der Waals surface area (Å²) in [6.07, 6.45) is 3.92. The van der Waals surface area contributed by atoms with Gasteiger partial charge in [0.05, 0.1) is 0 Å². The molecule has 0 bridgehead atoms. The van der Waals surface area contributed by atoms with Crippen molar-refractivity contribution in [2.24, 2.45) is 0 Å². The number of hydrogen-bond acceptors (Lipinski definition) is 2. The second-order valence-corrected chi connectivity index (χ2v) is 26.0. The molecule has 3 aromatic rings. The molecule has 2 heterocycles. The van der Waals surface area contributed by atoms with Crippen LogP contribution in [0.2, 0.25) is 0 Å². The van der Waals surface area contributed by atoms with Gasteiger partial charge < -0.3 is 0 Å². The van der Waals surface area contributed by atoms with Gasteiger partial charge in [0.25, 0.3) is 0 Å². The third-order valence-electron chi connectivity index (χ3n) is 5.83. The van der Waals surface area contributed by atoms with Gasteiger partial charge >= 0.3 is 178 Å². The number of fused-ring (bicyclic) bond motifs is 5. The molecule has 0 radical (unpaired) electrons. The Labute approximate surface area is 178 Å². The second-order valence-electron chi connectivity index (χ2n) is 7.93. The Kier molecular flexibility index (Phi) is 4.72. The Bertz CT molecular complexity index is 1010. The van der Waals surface area contributed by atoms with Crippen LogP contribution in [0.4, 0.5) is 0 Å². The van der Waals surface area contributed by atoms with Gasteiger partial charge in [-0.25, -0.2) is 0 Å². The maximum absolute atomic E-state index is 2.51. The average Bonchev–Trinajstić information content (AvgIpc) is 3.15. The van der Waals surface area contributed by atoms with Gasteiger partial charge in [0, 0.05) is 0 Å². The summed E-state index contributed by atoms with van der Waals surface area (Å²) in [4.78, 5) is 3.10. The molecule has 5 rings (SSSR count). The van der Waals surface area contributed by atoms with Crippen LogP contribution in [0.25, 0.3) is 0 Å². The van der Waals surface area contributed by atoms with Crippen molar-refractivity contribution < 1.29 is 0 Å². The summed E-state index contributed by atoms with van der Waals surface area (Å²) < 4.78 is -2.31. The molecule has 3 aromatic carbocycles. The van der Waals surface area contributed by atoms with Crippen LogP contribution in [-0.2, 0) is 0 Å². The minimum absolute atomic E-state index is 0.357. The topological polar surface area (TPSA) is 0 Å². The van der Waals surface area contributed by atoms with E-state index < -0.39 is 4.70 Å². The molecule has 0 aromatic heterocycles. The molecule has 0 aliphatic carbocycles. The van der Waals surface area contributed by atoms with Gasteiger partial charge in [-0.05, 0) is 0 Å². The number of aryl methyl sites for hydroxylation is 2. The molecule has 0 spiro atoms. The molecule has 0 fully saturated rings. The predicted molar refractivity (Wildman–Crippen MR) is 133 cm³/mol. The van der Waals surface area contributed by atoms with E-state index in [-0.39, 0.29) is 7.61 Å². The standard InChI is InChI=1S/C24H26P2S2/c1-4-5-15-26(20-9-7-6-8-10-20)25(21-16-18(2)11-13-23(21)27-26)22-17-19(3)12-14-24(22)28-26/h6-14,16-17H,4-5,15H2,1-3H3. The van der Waals surface area contributed by atoms with E-state index in [1.54, 1.807) is 25.7 Å². The summed E-state index contributed by atoms with van der Waals surface area (Å²) in [5, 5.41) is 4.93. The van der Waals surface area contributed by atoms with Gasteiger partial charge in [0.15, 0.2) is 0 Å². The average molecular weight is 441 g/mol. The van der Waals surface area contributed by atoms with Crippen LogP contribution in [0.1, 0.15) is 30.9 Å². The van der Waals surface area contributed by atoms with Crippen LogP contribution >= 0.6 is 35.1 Å². The number of unbranched alkanes of at least 4 members (excludes halogenated alkanes) is 1. The van der Waals surface area contributed by atoms with E-state index in [4.69, 9.17) is 0 Å². The predicted octanol–water partition coefficient (Wildman–Crippen LogP) is 7.37. The van der Waals surface area contributed by atoms with E-state index in [0.29, 0.717) is 0 Å². The van der Waals surface area contributed by atoms with E-state index >= 15 is 0 Å².